The zero-order valence-electron chi connectivity index (χ0n) is 9.48. The molecule has 0 aliphatic heterocycles. The van der Waals surface area contributed by atoms with Crippen LogP contribution in [0.1, 0.15) is 27.7 Å². The average Bonchev–Trinajstić information content (AvgIpc) is 1.96. The van der Waals surface area contributed by atoms with Crippen LogP contribution in [0.4, 0.5) is 0 Å². The van der Waals surface area contributed by atoms with Crippen molar-refractivity contribution in [3.8, 4) is 0 Å². The first-order valence-corrected chi connectivity index (χ1v) is 6.20. The second-order valence-electron chi connectivity index (χ2n) is 4.68. The van der Waals surface area contributed by atoms with E-state index in [0.717, 1.165) is 0 Å². The molecule has 0 aromatic heterocycles. The van der Waals surface area contributed by atoms with Gasteiger partial charge in [-0.1, -0.05) is 25.9 Å². The maximum absolute atomic E-state index is 11.6. The second kappa shape index (κ2) is 4.80. The van der Waals surface area contributed by atoms with Gasteiger partial charge in [-0.2, -0.15) is 0 Å². The van der Waals surface area contributed by atoms with E-state index in [9.17, 15) is 8.42 Å². The van der Waals surface area contributed by atoms with Crippen LogP contribution >= 0.6 is 0 Å². The lowest BCUT2D eigenvalue weighted by atomic mass is 10.0. The number of nitrogens with zero attached hydrogens (tertiary/aromatic N) is 1. The largest absolute Gasteiger partial charge is 0.409 e. The summed E-state index contributed by atoms with van der Waals surface area (Å²) in [7, 11) is -3.42. The summed E-state index contributed by atoms with van der Waals surface area (Å²) in [6.07, 6.45) is 0. The molecule has 0 saturated heterocycles. The van der Waals surface area contributed by atoms with E-state index in [1.165, 1.54) is 6.92 Å². The molecule has 0 heterocycles. The fourth-order valence-corrected chi connectivity index (χ4v) is 2.91. The van der Waals surface area contributed by atoms with Gasteiger partial charge < -0.3 is 10.9 Å². The maximum Gasteiger partial charge on any atom is 0.212 e. The Bertz CT molecular complexity index is 330. The molecule has 6 nitrogen and oxygen atoms in total. The minimum atomic E-state index is -3.42. The Morgan fingerprint density at radius 3 is 2.33 bits per heavy atom. The Morgan fingerprint density at radius 1 is 1.53 bits per heavy atom. The van der Waals surface area contributed by atoms with Gasteiger partial charge in [-0.15, -0.1) is 0 Å². The van der Waals surface area contributed by atoms with Crippen molar-refractivity contribution in [2.24, 2.45) is 16.3 Å². The van der Waals surface area contributed by atoms with Crippen LogP contribution in [0.2, 0.25) is 0 Å². The van der Waals surface area contributed by atoms with Gasteiger partial charge in [-0.3, -0.25) is 0 Å². The zero-order valence-corrected chi connectivity index (χ0v) is 10.3. The zero-order chi connectivity index (χ0) is 12.3. The average molecular weight is 237 g/mol. The third-order valence-corrected chi connectivity index (χ3v) is 3.50. The van der Waals surface area contributed by atoms with E-state index in [-0.39, 0.29) is 17.0 Å². The molecule has 0 radical (unpaired) electrons. The number of nitrogens with one attached hydrogen (secondary N) is 1. The molecule has 1 unspecified atom stereocenters. The van der Waals surface area contributed by atoms with Crippen molar-refractivity contribution >= 4 is 15.9 Å². The first-order chi connectivity index (χ1) is 6.57. The molecule has 90 valence electrons. The molecule has 0 aromatic carbocycles. The monoisotopic (exact) mass is 237 g/mol. The predicted octanol–water partition coefficient (Wildman–Crippen LogP) is 0.0868. The highest BCUT2D eigenvalue weighted by Gasteiger charge is 2.24. The van der Waals surface area contributed by atoms with Crippen molar-refractivity contribution in [2.75, 3.05) is 5.75 Å². The van der Waals surface area contributed by atoms with Gasteiger partial charge in [-0.05, 0) is 12.3 Å². The van der Waals surface area contributed by atoms with Crippen LogP contribution < -0.4 is 10.5 Å². The number of hydrogen-bond donors (Lipinski definition) is 3. The summed E-state index contributed by atoms with van der Waals surface area (Å²) < 4.78 is 25.5. The fraction of sp³-hybridized carbons (Fsp3) is 0.875. The smallest absolute Gasteiger partial charge is 0.212 e. The van der Waals surface area contributed by atoms with Gasteiger partial charge in [-0.25, -0.2) is 13.1 Å². The van der Waals surface area contributed by atoms with Gasteiger partial charge in [0.05, 0.1) is 11.8 Å². The van der Waals surface area contributed by atoms with Crippen molar-refractivity contribution in [2.45, 2.75) is 33.7 Å². The summed E-state index contributed by atoms with van der Waals surface area (Å²) in [4.78, 5) is 0. The Labute approximate surface area is 90.6 Å². The summed E-state index contributed by atoms with van der Waals surface area (Å²) >= 11 is 0. The molecular formula is C8H19N3O3S. The molecule has 0 aliphatic rings. The molecule has 0 amide bonds. The lowest BCUT2D eigenvalue weighted by Crippen LogP contribution is -2.44. The topological polar surface area (TPSA) is 105 Å². The van der Waals surface area contributed by atoms with Gasteiger partial charge in [0, 0.05) is 0 Å². The van der Waals surface area contributed by atoms with Crippen molar-refractivity contribution in [3.63, 3.8) is 0 Å². The molecule has 0 saturated carbocycles. The van der Waals surface area contributed by atoms with E-state index in [4.69, 9.17) is 10.9 Å². The summed E-state index contributed by atoms with van der Waals surface area (Å²) in [6, 6.07) is -0.706. The van der Waals surface area contributed by atoms with E-state index < -0.39 is 16.1 Å². The molecule has 0 spiro atoms. The minimum absolute atomic E-state index is 0.0109. The molecule has 7 heteroatoms. The number of sulfonamides is 1. The van der Waals surface area contributed by atoms with E-state index in [0.29, 0.717) is 0 Å². The Hall–Kier alpha value is -0.820. The van der Waals surface area contributed by atoms with Gasteiger partial charge >= 0.3 is 0 Å². The maximum atomic E-state index is 11.6. The third kappa shape index (κ3) is 6.29. The van der Waals surface area contributed by atoms with Gasteiger partial charge in [0.2, 0.25) is 10.0 Å². The Kier molecular flexibility index (Phi) is 4.54. The number of hydrogen-bond acceptors (Lipinski definition) is 4. The predicted molar refractivity (Wildman–Crippen MR) is 59.2 cm³/mol. The summed E-state index contributed by atoms with van der Waals surface area (Å²) in [5, 5.41) is 11.1. The number of rotatable bonds is 4. The van der Waals surface area contributed by atoms with Crippen LogP contribution in [-0.4, -0.2) is 31.3 Å². The van der Waals surface area contributed by atoms with Crippen LogP contribution in [0.15, 0.2) is 5.16 Å². The highest BCUT2D eigenvalue weighted by molar-refractivity contribution is 7.89. The molecule has 0 rings (SSSR count). The highest BCUT2D eigenvalue weighted by Crippen LogP contribution is 2.15. The van der Waals surface area contributed by atoms with Crippen molar-refractivity contribution in [1.82, 2.24) is 4.72 Å². The Morgan fingerprint density at radius 2 is 2.00 bits per heavy atom. The van der Waals surface area contributed by atoms with Crippen molar-refractivity contribution < 1.29 is 13.6 Å². The normalized spacial score (nSPS) is 16.4. The lowest BCUT2D eigenvalue weighted by molar-refractivity contribution is 0.316. The first-order valence-electron chi connectivity index (χ1n) is 4.55. The summed E-state index contributed by atoms with van der Waals surface area (Å²) in [5.41, 5.74) is 4.92. The molecule has 4 N–H and O–H groups in total. The van der Waals surface area contributed by atoms with E-state index in [2.05, 4.69) is 9.88 Å². The molecule has 0 aromatic rings. The third-order valence-electron chi connectivity index (χ3n) is 1.54. The Balaban J connectivity index is 4.54. The lowest BCUT2D eigenvalue weighted by Gasteiger charge is -2.20. The minimum Gasteiger partial charge on any atom is -0.409 e. The van der Waals surface area contributed by atoms with E-state index >= 15 is 0 Å². The highest BCUT2D eigenvalue weighted by atomic mass is 32.2. The van der Waals surface area contributed by atoms with Gasteiger partial charge in [0.15, 0.2) is 5.84 Å². The second-order valence-corrected chi connectivity index (χ2v) is 6.44. The van der Waals surface area contributed by atoms with Gasteiger partial charge in [0.1, 0.15) is 0 Å². The van der Waals surface area contributed by atoms with Crippen LogP contribution in [0, 0.1) is 5.41 Å². The van der Waals surface area contributed by atoms with Crippen LogP contribution in [0.5, 0.6) is 0 Å². The van der Waals surface area contributed by atoms with Crippen molar-refractivity contribution in [3.05, 3.63) is 0 Å². The standard InChI is InChI=1S/C8H19N3O3S/c1-6(7(9)10-12)11-15(13,14)5-8(2,3)4/h6,11-12H,5H2,1-4H3,(H2,9,10). The summed E-state index contributed by atoms with van der Waals surface area (Å²) in [6.45, 7) is 6.97. The first kappa shape index (κ1) is 14.2. The number of oxime groups is 1. The quantitative estimate of drug-likeness (QED) is 0.279. The molecular weight excluding hydrogens is 218 g/mol. The summed E-state index contributed by atoms with van der Waals surface area (Å²) in [5.74, 6) is -0.171. The van der Waals surface area contributed by atoms with Crippen LogP contribution in [0.25, 0.3) is 0 Å². The van der Waals surface area contributed by atoms with E-state index in [1.54, 1.807) is 0 Å². The molecule has 0 bridgehead atoms. The number of amidine groups is 1. The molecule has 15 heavy (non-hydrogen) atoms. The SMILES string of the molecule is CC(NS(=O)(=O)CC(C)(C)C)C(N)=NO. The van der Waals surface area contributed by atoms with Crippen molar-refractivity contribution in [1.29, 1.82) is 0 Å². The van der Waals surface area contributed by atoms with Gasteiger partial charge in [0.25, 0.3) is 0 Å². The van der Waals surface area contributed by atoms with E-state index in [1.807, 2.05) is 20.8 Å². The molecule has 1 atom stereocenters. The fourth-order valence-electron chi connectivity index (χ4n) is 1.03. The van der Waals surface area contributed by atoms with Crippen LogP contribution in [-0.2, 0) is 10.0 Å². The molecule has 0 aliphatic carbocycles. The van der Waals surface area contributed by atoms with Crippen LogP contribution in [0.3, 0.4) is 0 Å². The molecule has 0 fully saturated rings. The number of nitrogens with two attached hydrogens (primary N) is 1.